The average Bonchev–Trinajstić information content (AvgIpc) is 2.46. The van der Waals surface area contributed by atoms with Crippen LogP contribution in [-0.2, 0) is 0 Å². The number of aromatic amines is 1. The van der Waals surface area contributed by atoms with Crippen LogP contribution in [0.3, 0.4) is 0 Å². The van der Waals surface area contributed by atoms with Crippen LogP contribution >= 0.6 is 0 Å². The summed E-state index contributed by atoms with van der Waals surface area (Å²) in [6, 6.07) is 2.18. The normalized spacial score (nSPS) is 18.9. The van der Waals surface area contributed by atoms with E-state index in [0.717, 1.165) is 12.8 Å². The van der Waals surface area contributed by atoms with E-state index in [1.54, 1.807) is 4.90 Å². The van der Waals surface area contributed by atoms with Crippen molar-refractivity contribution in [1.82, 2.24) is 14.9 Å². The molecule has 1 saturated heterocycles. The van der Waals surface area contributed by atoms with Gasteiger partial charge in [-0.05, 0) is 12.8 Å². The lowest BCUT2D eigenvalue weighted by molar-refractivity contribution is 0.0696. The van der Waals surface area contributed by atoms with Gasteiger partial charge >= 0.3 is 0 Å². The van der Waals surface area contributed by atoms with Crippen molar-refractivity contribution in [1.29, 1.82) is 5.26 Å². The van der Waals surface area contributed by atoms with Gasteiger partial charge in [-0.25, -0.2) is 4.98 Å². The molecule has 1 aromatic rings. The van der Waals surface area contributed by atoms with Crippen LogP contribution in [0.1, 0.15) is 48.8 Å². The molecule has 0 aromatic carbocycles. The Morgan fingerprint density at radius 2 is 2.35 bits per heavy atom. The molecule has 1 amide bonds. The van der Waals surface area contributed by atoms with E-state index in [0.29, 0.717) is 18.9 Å². The van der Waals surface area contributed by atoms with Gasteiger partial charge in [-0.3, -0.25) is 9.59 Å². The molecule has 0 saturated carbocycles. The Labute approximate surface area is 117 Å². The second kappa shape index (κ2) is 5.87. The zero-order chi connectivity index (χ0) is 14.7. The Bertz CT molecular complexity index is 600. The van der Waals surface area contributed by atoms with Crippen LogP contribution in [0.4, 0.5) is 0 Å². The molecule has 0 spiro atoms. The summed E-state index contributed by atoms with van der Waals surface area (Å²) in [5.74, 6) is 0.189. The zero-order valence-corrected chi connectivity index (χ0v) is 11.7. The van der Waals surface area contributed by atoms with Crippen molar-refractivity contribution in [3.8, 4) is 6.07 Å². The third-order valence-electron chi connectivity index (χ3n) is 3.49. The quantitative estimate of drug-likeness (QED) is 0.879. The summed E-state index contributed by atoms with van der Waals surface area (Å²) in [5.41, 5.74) is -0.360. The Hall–Kier alpha value is -2.16. The highest BCUT2D eigenvalue weighted by Crippen LogP contribution is 2.17. The van der Waals surface area contributed by atoms with Crippen LogP contribution < -0.4 is 5.56 Å². The van der Waals surface area contributed by atoms with Crippen molar-refractivity contribution in [2.75, 3.05) is 13.1 Å². The number of nitriles is 1. The maximum Gasteiger partial charge on any atom is 0.263 e. The molecular weight excluding hydrogens is 256 g/mol. The number of aromatic nitrogens is 2. The average molecular weight is 274 g/mol. The topological polar surface area (TPSA) is 89.8 Å². The van der Waals surface area contributed by atoms with Gasteiger partial charge in [0.25, 0.3) is 11.5 Å². The van der Waals surface area contributed by atoms with Gasteiger partial charge in [0.1, 0.15) is 11.4 Å². The predicted octanol–water partition coefficient (Wildman–Crippen LogP) is 1.27. The zero-order valence-electron chi connectivity index (χ0n) is 11.7. The van der Waals surface area contributed by atoms with Crippen LogP contribution in [0, 0.1) is 17.2 Å². The molecule has 106 valence electrons. The summed E-state index contributed by atoms with van der Waals surface area (Å²) in [4.78, 5) is 32.6. The van der Waals surface area contributed by atoms with E-state index in [1.807, 2.05) is 13.8 Å². The molecule has 6 heteroatoms. The Morgan fingerprint density at radius 1 is 1.60 bits per heavy atom. The number of rotatable bonds is 2. The fourth-order valence-electron chi connectivity index (χ4n) is 2.29. The van der Waals surface area contributed by atoms with Gasteiger partial charge in [0.15, 0.2) is 0 Å². The largest absolute Gasteiger partial charge is 0.337 e. The summed E-state index contributed by atoms with van der Waals surface area (Å²) in [6.45, 7) is 4.81. The lowest BCUT2D eigenvalue weighted by atomic mass is 9.99. The van der Waals surface area contributed by atoms with Crippen LogP contribution in [0.5, 0.6) is 0 Å². The van der Waals surface area contributed by atoms with E-state index in [1.165, 1.54) is 6.20 Å². The Kier molecular flexibility index (Phi) is 4.18. The van der Waals surface area contributed by atoms with Gasteiger partial charge in [0.05, 0.1) is 12.0 Å². The number of nitrogens with zero attached hydrogens (tertiary/aromatic N) is 3. The van der Waals surface area contributed by atoms with Crippen molar-refractivity contribution in [3.63, 3.8) is 0 Å². The fourth-order valence-corrected chi connectivity index (χ4v) is 2.29. The summed E-state index contributed by atoms with van der Waals surface area (Å²) in [5, 5.41) is 8.94. The lowest BCUT2D eigenvalue weighted by Gasteiger charge is -2.29. The number of carbonyl (C=O) groups excluding carboxylic acids is 1. The van der Waals surface area contributed by atoms with Crippen molar-refractivity contribution in [2.45, 2.75) is 32.6 Å². The minimum atomic E-state index is -0.409. The van der Waals surface area contributed by atoms with Gasteiger partial charge in [0.2, 0.25) is 0 Å². The number of amides is 1. The van der Waals surface area contributed by atoms with Crippen LogP contribution in [-0.4, -0.2) is 33.9 Å². The van der Waals surface area contributed by atoms with Crippen LogP contribution in [0.25, 0.3) is 0 Å². The lowest BCUT2D eigenvalue weighted by Crippen LogP contribution is -2.41. The maximum absolute atomic E-state index is 12.3. The van der Waals surface area contributed by atoms with Gasteiger partial charge in [-0.2, -0.15) is 5.26 Å². The van der Waals surface area contributed by atoms with Crippen molar-refractivity contribution < 1.29 is 4.79 Å². The molecule has 1 aliphatic heterocycles. The Morgan fingerprint density at radius 3 is 2.95 bits per heavy atom. The number of H-pyrrole nitrogens is 1. The standard InChI is InChI=1S/C14H18N4O2/c1-9(2)12-16-7-11(13(19)17-12)14(20)18-5-3-4-10(6-15)8-18/h7,9-10H,3-5,8H2,1-2H3,(H,16,17,19). The number of hydrogen-bond donors (Lipinski definition) is 1. The minimum Gasteiger partial charge on any atom is -0.337 e. The van der Waals surface area contributed by atoms with Gasteiger partial charge in [0, 0.05) is 25.2 Å². The molecule has 1 N–H and O–H groups in total. The summed E-state index contributed by atoms with van der Waals surface area (Å²) in [7, 11) is 0. The Balaban J connectivity index is 2.21. The number of likely N-dealkylation sites (tertiary alicyclic amines) is 1. The molecule has 1 aliphatic rings. The molecule has 0 radical (unpaired) electrons. The second-order valence-corrected chi connectivity index (χ2v) is 5.39. The van der Waals surface area contributed by atoms with E-state index < -0.39 is 5.56 Å². The smallest absolute Gasteiger partial charge is 0.263 e. The van der Waals surface area contributed by atoms with Gasteiger partial charge in [-0.15, -0.1) is 0 Å². The van der Waals surface area contributed by atoms with E-state index in [2.05, 4.69) is 16.0 Å². The fraction of sp³-hybridized carbons (Fsp3) is 0.571. The van der Waals surface area contributed by atoms with E-state index in [4.69, 9.17) is 5.26 Å². The second-order valence-electron chi connectivity index (χ2n) is 5.39. The van der Waals surface area contributed by atoms with Gasteiger partial charge < -0.3 is 9.88 Å². The van der Waals surface area contributed by atoms with Crippen LogP contribution in [0.15, 0.2) is 11.0 Å². The van der Waals surface area contributed by atoms with Crippen molar-refractivity contribution >= 4 is 5.91 Å². The number of carbonyl (C=O) groups is 1. The molecule has 20 heavy (non-hydrogen) atoms. The number of hydrogen-bond acceptors (Lipinski definition) is 4. The van der Waals surface area contributed by atoms with Gasteiger partial charge in [-0.1, -0.05) is 13.8 Å². The highest BCUT2D eigenvalue weighted by atomic mass is 16.2. The highest BCUT2D eigenvalue weighted by Gasteiger charge is 2.26. The summed E-state index contributed by atoms with van der Waals surface area (Å²) < 4.78 is 0. The van der Waals surface area contributed by atoms with E-state index in [9.17, 15) is 9.59 Å². The molecule has 0 bridgehead atoms. The van der Waals surface area contributed by atoms with E-state index >= 15 is 0 Å². The van der Waals surface area contributed by atoms with Crippen LogP contribution in [0.2, 0.25) is 0 Å². The minimum absolute atomic E-state index is 0.0491. The number of piperidine rings is 1. The molecule has 2 rings (SSSR count). The molecule has 1 atom stereocenters. The molecule has 0 aliphatic carbocycles. The first-order valence-corrected chi connectivity index (χ1v) is 6.81. The third kappa shape index (κ3) is 2.87. The summed E-state index contributed by atoms with van der Waals surface area (Å²) >= 11 is 0. The SMILES string of the molecule is CC(C)c1ncc(C(=O)N2CCCC(C#N)C2)c(=O)[nH]1. The maximum atomic E-state index is 12.3. The third-order valence-corrected chi connectivity index (χ3v) is 3.49. The first kappa shape index (κ1) is 14.3. The monoisotopic (exact) mass is 274 g/mol. The highest BCUT2D eigenvalue weighted by molar-refractivity contribution is 5.93. The predicted molar refractivity (Wildman–Crippen MR) is 73.2 cm³/mol. The first-order valence-electron chi connectivity index (χ1n) is 6.81. The van der Waals surface area contributed by atoms with E-state index in [-0.39, 0.29) is 23.3 Å². The molecule has 6 nitrogen and oxygen atoms in total. The summed E-state index contributed by atoms with van der Waals surface area (Å²) in [6.07, 6.45) is 2.94. The molecule has 1 fully saturated rings. The molecule has 2 heterocycles. The number of nitrogens with one attached hydrogen (secondary N) is 1. The first-order chi connectivity index (χ1) is 9.52. The molecule has 1 unspecified atom stereocenters. The van der Waals surface area contributed by atoms with Crippen molar-refractivity contribution in [2.24, 2.45) is 5.92 Å². The molecular formula is C14H18N4O2. The molecule has 1 aromatic heterocycles. The van der Waals surface area contributed by atoms with Crippen molar-refractivity contribution in [3.05, 3.63) is 27.9 Å².